The fraction of sp³-hybridized carbons (Fsp3) is 0.547. The zero-order valence-corrected chi connectivity index (χ0v) is 46.1. The minimum atomic E-state index is -2.80. The van der Waals surface area contributed by atoms with E-state index in [-0.39, 0.29) is 35.0 Å². The Morgan fingerprint density at radius 2 is 1.48 bits per heavy atom. The number of imidazole rings is 1. The lowest BCUT2D eigenvalue weighted by molar-refractivity contribution is -0.151. The van der Waals surface area contributed by atoms with Crippen molar-refractivity contribution in [2.24, 2.45) is 13.0 Å². The molecule has 5 rings (SSSR count). The maximum absolute atomic E-state index is 14.0. The van der Waals surface area contributed by atoms with Crippen LogP contribution in [0.1, 0.15) is 91.6 Å². The Bertz CT molecular complexity index is 2230. The third kappa shape index (κ3) is 12.7. The molecule has 0 saturated carbocycles. The van der Waals surface area contributed by atoms with E-state index < -0.39 is 48.7 Å². The van der Waals surface area contributed by atoms with Gasteiger partial charge in [-0.1, -0.05) is 153 Å². The van der Waals surface area contributed by atoms with Crippen LogP contribution in [0, 0.1) is 5.92 Å². The molecule has 1 saturated heterocycles. The van der Waals surface area contributed by atoms with Gasteiger partial charge in [-0.05, 0) is 72.7 Å². The molecule has 5 atom stereocenters. The summed E-state index contributed by atoms with van der Waals surface area (Å²) in [5, 5.41) is 2.30. The van der Waals surface area contributed by atoms with Crippen LogP contribution in [0.5, 0.6) is 5.75 Å². The first-order valence-corrected chi connectivity index (χ1v) is 32.2. The first kappa shape index (κ1) is 53.3. The fourth-order valence-corrected chi connectivity index (χ4v) is 15.0. The molecule has 0 N–H and O–H groups in total. The number of ether oxygens (including phenoxy) is 5. The molecule has 1 aromatic heterocycles. The van der Waals surface area contributed by atoms with E-state index in [1.165, 1.54) is 10.4 Å². The number of aromatic nitrogens is 2. The summed E-state index contributed by atoms with van der Waals surface area (Å²) >= 11 is 0. The molecule has 10 nitrogen and oxygen atoms in total. The van der Waals surface area contributed by atoms with Crippen LogP contribution in [-0.2, 0) is 34.8 Å². The van der Waals surface area contributed by atoms with Crippen molar-refractivity contribution in [3.05, 3.63) is 102 Å². The number of methoxy groups -OCH3 is 1. The third-order valence-electron chi connectivity index (χ3n) is 13.2. The summed E-state index contributed by atoms with van der Waals surface area (Å²) < 4.78 is 47.6. The number of esters is 1. The topological polar surface area (TPSA) is 99.5 Å². The van der Waals surface area contributed by atoms with Crippen LogP contribution in [0.15, 0.2) is 91.3 Å². The second kappa shape index (κ2) is 21.3. The summed E-state index contributed by atoms with van der Waals surface area (Å²) in [6, 6.07) is 24.3. The molecule has 1 fully saturated rings. The van der Waals surface area contributed by atoms with Gasteiger partial charge in [-0.25, -0.2) is 9.78 Å². The molecule has 0 radical (unpaired) electrons. The van der Waals surface area contributed by atoms with E-state index in [4.69, 9.17) is 37.5 Å². The van der Waals surface area contributed by atoms with Gasteiger partial charge in [0.05, 0.1) is 36.2 Å². The molecule has 4 aromatic rings. The van der Waals surface area contributed by atoms with Crippen molar-refractivity contribution < 1.29 is 37.3 Å². The molecule has 0 aliphatic carbocycles. The number of carbonyl (C=O) groups excluding carboxylic acids is 1. The highest BCUT2D eigenvalue weighted by Gasteiger charge is 2.52. The second-order valence-electron chi connectivity index (χ2n) is 22.2. The quantitative estimate of drug-likeness (QED) is 0.0371. The van der Waals surface area contributed by atoms with Gasteiger partial charge in [-0.2, -0.15) is 0 Å². The standard InChI is InChI=1S/C53H80N2O8Si3/c1-38(39(2)62-66(52(6,7)8,40-25-20-18-21-26-40)41-27-22-19-23-28-41)31-32-45(63-65(16,17)51(3,4)5)49-44(60-53(9,10)61-49)30-24-29-42-47(50(56)58-33-34-64(13,14)15)46(59-37-57-12)35-43-48(42)54-36-55(43)11/h18-29,31-32,35-36,38-39,44-45,49H,30,33-34,37H2,1-17H3/b29-24+,32-31-/t38-,39?,44+,45?,49+/m1/s1. The van der Waals surface area contributed by atoms with Crippen molar-refractivity contribution in [1.29, 1.82) is 0 Å². The summed E-state index contributed by atoms with van der Waals surface area (Å²) in [6.07, 6.45) is 9.30. The number of nitrogens with zero attached hydrogens (tertiary/aromatic N) is 2. The molecule has 3 aromatic carbocycles. The normalized spacial score (nSPS) is 18.9. The first-order chi connectivity index (χ1) is 30.7. The molecule has 1 aliphatic rings. The Kier molecular flexibility index (Phi) is 17.2. The minimum Gasteiger partial charge on any atom is -0.467 e. The largest absolute Gasteiger partial charge is 0.467 e. The van der Waals surface area contributed by atoms with Crippen LogP contribution < -0.4 is 15.1 Å². The van der Waals surface area contributed by atoms with Crippen LogP contribution >= 0.6 is 0 Å². The molecule has 0 spiro atoms. The lowest BCUT2D eigenvalue weighted by Gasteiger charge is -2.45. The Labute approximate surface area is 399 Å². The summed E-state index contributed by atoms with van der Waals surface area (Å²) in [5.74, 6) is -0.921. The van der Waals surface area contributed by atoms with E-state index >= 15 is 0 Å². The van der Waals surface area contributed by atoms with E-state index in [0.29, 0.717) is 35.4 Å². The Balaban J connectivity index is 1.51. The van der Waals surface area contributed by atoms with E-state index in [2.05, 4.69) is 161 Å². The van der Waals surface area contributed by atoms with Gasteiger partial charge in [0.1, 0.15) is 17.4 Å². The van der Waals surface area contributed by atoms with Crippen molar-refractivity contribution in [2.45, 2.75) is 155 Å². The van der Waals surface area contributed by atoms with E-state index in [1.807, 2.05) is 43.7 Å². The third-order valence-corrected chi connectivity index (χ3v) is 24.5. The number of hydrogen-bond acceptors (Lipinski definition) is 9. The minimum absolute atomic E-state index is 0.0299. The highest BCUT2D eigenvalue weighted by atomic mass is 28.4. The predicted octanol–water partition coefficient (Wildman–Crippen LogP) is 11.5. The van der Waals surface area contributed by atoms with Gasteiger partial charge >= 0.3 is 5.97 Å². The number of carbonyl (C=O) groups is 1. The zero-order chi connectivity index (χ0) is 48.9. The zero-order valence-electron chi connectivity index (χ0n) is 43.1. The summed E-state index contributed by atoms with van der Waals surface area (Å²) in [7, 11) is -3.14. The van der Waals surface area contributed by atoms with E-state index in [9.17, 15) is 4.79 Å². The maximum atomic E-state index is 14.0. The van der Waals surface area contributed by atoms with Crippen molar-refractivity contribution >= 4 is 58.2 Å². The number of hydrogen-bond donors (Lipinski definition) is 0. The number of rotatable bonds is 20. The number of benzene rings is 3. The predicted molar refractivity (Wildman–Crippen MR) is 278 cm³/mol. The molecule has 0 bridgehead atoms. The van der Waals surface area contributed by atoms with E-state index in [1.54, 1.807) is 13.4 Å². The van der Waals surface area contributed by atoms with Gasteiger partial charge in [-0.3, -0.25) is 0 Å². The molecule has 1 aliphatic heterocycles. The SMILES string of the molecule is COCOc1cc2c(ncn2C)c(/C=C/C[C@@H]2OC(C)(C)O[C@@H]2C(/C=C\[C@@H](C)C(C)O[Si](c2ccccc2)(c2ccccc2)C(C)(C)C)O[Si](C)(C)C(C)(C)C)c1C(=O)OCC[Si](C)(C)C. The monoisotopic (exact) mass is 957 g/mol. The van der Waals surface area contributed by atoms with Gasteiger partial charge in [0.2, 0.25) is 0 Å². The summed E-state index contributed by atoms with van der Waals surface area (Å²) in [6.45, 7) is 33.7. The average molecular weight is 957 g/mol. The lowest BCUT2D eigenvalue weighted by atomic mass is 9.99. The van der Waals surface area contributed by atoms with Gasteiger partial charge in [0, 0.05) is 40.0 Å². The molecule has 2 unspecified atom stereocenters. The maximum Gasteiger partial charge on any atom is 0.342 e. The smallest absolute Gasteiger partial charge is 0.342 e. The highest BCUT2D eigenvalue weighted by molar-refractivity contribution is 6.99. The number of fused-ring (bicyclic) bond motifs is 1. The van der Waals surface area contributed by atoms with Crippen molar-refractivity contribution in [1.82, 2.24) is 9.55 Å². The van der Waals surface area contributed by atoms with Crippen LogP contribution in [-0.4, -0.2) is 90.9 Å². The van der Waals surface area contributed by atoms with Crippen molar-refractivity contribution in [3.8, 4) is 5.75 Å². The first-order valence-electron chi connectivity index (χ1n) is 23.7. The van der Waals surface area contributed by atoms with E-state index in [0.717, 1.165) is 11.6 Å². The van der Waals surface area contributed by atoms with Gasteiger partial charge in [-0.15, -0.1) is 0 Å². The fourth-order valence-electron chi connectivity index (χ4n) is 8.29. The summed E-state index contributed by atoms with van der Waals surface area (Å²) in [5.41, 5.74) is 2.41. The van der Waals surface area contributed by atoms with Crippen LogP contribution in [0.3, 0.4) is 0 Å². The average Bonchev–Trinajstić information content (AvgIpc) is 3.76. The van der Waals surface area contributed by atoms with Crippen LogP contribution in [0.25, 0.3) is 17.1 Å². The van der Waals surface area contributed by atoms with Gasteiger partial charge in [0.25, 0.3) is 8.32 Å². The molecule has 362 valence electrons. The van der Waals surface area contributed by atoms with Gasteiger partial charge < -0.3 is 37.1 Å². The van der Waals surface area contributed by atoms with Crippen molar-refractivity contribution in [2.75, 3.05) is 20.5 Å². The summed E-state index contributed by atoms with van der Waals surface area (Å²) in [4.78, 5) is 18.8. The Morgan fingerprint density at radius 1 is 0.879 bits per heavy atom. The Hall–Kier alpha value is -3.67. The molecule has 13 heteroatoms. The van der Waals surface area contributed by atoms with Crippen LogP contribution in [0.4, 0.5) is 0 Å². The van der Waals surface area contributed by atoms with Gasteiger partial charge in [0.15, 0.2) is 20.9 Å². The lowest BCUT2D eigenvalue weighted by Crippen LogP contribution is -2.67. The highest BCUT2D eigenvalue weighted by Crippen LogP contribution is 2.42. The molecule has 2 heterocycles. The Morgan fingerprint density at radius 3 is 2.03 bits per heavy atom. The second-order valence-corrected chi connectivity index (χ2v) is 36.9. The molecular weight excluding hydrogens is 877 g/mol. The molecule has 0 amide bonds. The molecular formula is C53H80N2O8Si3. The van der Waals surface area contributed by atoms with Crippen LogP contribution in [0.2, 0.25) is 48.9 Å². The number of aryl methyl sites for hydroxylation is 1. The van der Waals surface area contributed by atoms with Crippen molar-refractivity contribution in [3.63, 3.8) is 0 Å². The molecule has 66 heavy (non-hydrogen) atoms.